The summed E-state index contributed by atoms with van der Waals surface area (Å²) in [5.41, 5.74) is -0.678. The lowest BCUT2D eigenvalue weighted by Gasteiger charge is -2.33. The predicted octanol–water partition coefficient (Wildman–Crippen LogP) is 1.48. The maximum Gasteiger partial charge on any atom is 0.332 e. The first-order chi connectivity index (χ1) is 22.6. The number of carboxylic acids is 1. The third-order valence-electron chi connectivity index (χ3n) is 11.4. The molecule has 4 aromatic heterocycles. The average Bonchev–Trinajstić information content (AvgIpc) is 3.51. The SMILES string of the molecule is Cn1cnc2c1c(=O)n(CC1CCC(C)(C(=O)O)CC1)c(=O)n2C.Cn1cnc2c1c(=O)n(CC1CCC(C3(O)CC3)CC1)c(=O)n2C. The highest BCUT2D eigenvalue weighted by Gasteiger charge is 2.48. The van der Waals surface area contributed by atoms with E-state index in [1.807, 2.05) is 0 Å². The van der Waals surface area contributed by atoms with Gasteiger partial charge in [0.2, 0.25) is 0 Å². The van der Waals surface area contributed by atoms with Crippen LogP contribution in [-0.4, -0.2) is 59.2 Å². The number of imidazole rings is 2. The van der Waals surface area contributed by atoms with Gasteiger partial charge < -0.3 is 19.3 Å². The molecule has 0 atom stereocenters. The van der Waals surface area contributed by atoms with Gasteiger partial charge in [0, 0.05) is 41.3 Å². The molecule has 4 aromatic rings. The zero-order chi connectivity index (χ0) is 34.7. The molecule has 0 spiro atoms. The Morgan fingerprint density at radius 1 is 0.729 bits per heavy atom. The van der Waals surface area contributed by atoms with E-state index in [0.717, 1.165) is 38.5 Å². The van der Waals surface area contributed by atoms with Gasteiger partial charge in [-0.2, -0.15) is 0 Å². The second kappa shape index (κ2) is 12.3. The highest BCUT2D eigenvalue weighted by Crippen LogP contribution is 2.49. The van der Waals surface area contributed by atoms with Gasteiger partial charge >= 0.3 is 17.3 Å². The summed E-state index contributed by atoms with van der Waals surface area (Å²) in [6, 6.07) is 0. The fourth-order valence-electron chi connectivity index (χ4n) is 7.76. The van der Waals surface area contributed by atoms with E-state index in [0.29, 0.717) is 72.9 Å². The van der Waals surface area contributed by atoms with Gasteiger partial charge in [-0.25, -0.2) is 19.6 Å². The van der Waals surface area contributed by atoms with Crippen LogP contribution in [0.5, 0.6) is 0 Å². The normalized spacial score (nSPS) is 25.2. The minimum atomic E-state index is -0.773. The summed E-state index contributed by atoms with van der Waals surface area (Å²) in [6.07, 6.45) is 11.4. The number of carbonyl (C=O) groups is 1. The summed E-state index contributed by atoms with van der Waals surface area (Å²) in [7, 11) is 6.76. The third-order valence-corrected chi connectivity index (χ3v) is 11.4. The van der Waals surface area contributed by atoms with Crippen LogP contribution < -0.4 is 22.5 Å². The zero-order valence-corrected chi connectivity index (χ0v) is 28.4. The van der Waals surface area contributed by atoms with Crippen molar-refractivity contribution in [1.29, 1.82) is 0 Å². The van der Waals surface area contributed by atoms with Crippen molar-refractivity contribution in [2.75, 3.05) is 0 Å². The summed E-state index contributed by atoms with van der Waals surface area (Å²) in [5, 5.41) is 19.6. The number of hydrogen-bond donors (Lipinski definition) is 2. The van der Waals surface area contributed by atoms with E-state index < -0.39 is 17.0 Å². The molecule has 7 rings (SSSR count). The molecule has 0 amide bonds. The standard InChI is InChI=1S/C17H24N4O3.C16H22N4O4/c1-19-10-18-14-13(19)15(22)21(16(23)20(14)2)9-11-3-5-12(6-4-11)17(24)7-8-17;1-16(14(22)23)6-4-10(5-7-16)8-20-13(21)11-12(17-9-18(11)2)19(3)15(20)24/h10-12,24H,3-9H2,1-2H3;9-10H,4-8H2,1-3H3,(H,22,23). The molecule has 2 N–H and O–H groups in total. The quantitative estimate of drug-likeness (QED) is 0.308. The topological polar surface area (TPSA) is 181 Å². The lowest BCUT2D eigenvalue weighted by molar-refractivity contribution is -0.150. The molecular formula is C33H46N8O7. The number of nitrogens with zero attached hydrogens (tertiary/aromatic N) is 8. The van der Waals surface area contributed by atoms with Gasteiger partial charge in [0.05, 0.1) is 23.7 Å². The lowest BCUT2D eigenvalue weighted by atomic mass is 9.72. The van der Waals surface area contributed by atoms with Crippen molar-refractivity contribution in [3.8, 4) is 0 Å². The number of fused-ring (bicyclic) bond motifs is 2. The molecule has 15 nitrogen and oxygen atoms in total. The van der Waals surface area contributed by atoms with Gasteiger partial charge in [0.1, 0.15) is 0 Å². The zero-order valence-electron chi connectivity index (χ0n) is 28.4. The summed E-state index contributed by atoms with van der Waals surface area (Å²) >= 11 is 0. The number of aromatic nitrogens is 8. The van der Waals surface area contributed by atoms with Crippen LogP contribution in [0.25, 0.3) is 22.3 Å². The van der Waals surface area contributed by atoms with Gasteiger partial charge in [-0.05, 0) is 88.9 Å². The Morgan fingerprint density at radius 3 is 1.54 bits per heavy atom. The van der Waals surface area contributed by atoms with Crippen LogP contribution in [0, 0.1) is 23.2 Å². The first-order valence-electron chi connectivity index (χ1n) is 16.8. The van der Waals surface area contributed by atoms with Crippen LogP contribution in [0.1, 0.15) is 71.1 Å². The number of aliphatic hydroxyl groups is 1. The molecule has 0 saturated heterocycles. The number of rotatable bonds is 6. The Kier molecular flexibility index (Phi) is 8.63. The van der Waals surface area contributed by atoms with Crippen LogP contribution in [0.2, 0.25) is 0 Å². The molecule has 0 aromatic carbocycles. The Balaban J connectivity index is 0.000000167. The highest BCUT2D eigenvalue weighted by molar-refractivity contribution is 5.74. The minimum Gasteiger partial charge on any atom is -0.481 e. The van der Waals surface area contributed by atoms with Gasteiger partial charge in [-0.15, -0.1) is 0 Å². The molecule has 4 heterocycles. The smallest absolute Gasteiger partial charge is 0.332 e. The summed E-state index contributed by atoms with van der Waals surface area (Å²) in [5.74, 6) is 0.0753. The summed E-state index contributed by atoms with van der Waals surface area (Å²) in [4.78, 5) is 70.1. The number of hydrogen-bond acceptors (Lipinski definition) is 8. The molecule has 0 aliphatic heterocycles. The highest BCUT2D eigenvalue weighted by atomic mass is 16.4. The Morgan fingerprint density at radius 2 is 1.15 bits per heavy atom. The van der Waals surface area contributed by atoms with E-state index in [1.165, 1.54) is 24.6 Å². The van der Waals surface area contributed by atoms with Gasteiger partial charge in [0.25, 0.3) is 11.1 Å². The van der Waals surface area contributed by atoms with Crippen molar-refractivity contribution in [1.82, 2.24) is 37.4 Å². The maximum absolute atomic E-state index is 12.7. The van der Waals surface area contributed by atoms with Crippen LogP contribution in [-0.2, 0) is 46.1 Å². The van der Waals surface area contributed by atoms with Crippen molar-refractivity contribution >= 4 is 28.3 Å². The first-order valence-corrected chi connectivity index (χ1v) is 16.8. The molecule has 260 valence electrons. The Hall–Kier alpha value is -4.27. The van der Waals surface area contributed by atoms with E-state index in [9.17, 15) is 34.2 Å². The van der Waals surface area contributed by atoms with E-state index >= 15 is 0 Å². The summed E-state index contributed by atoms with van der Waals surface area (Å²) < 4.78 is 8.76. The van der Waals surface area contributed by atoms with E-state index in [-0.39, 0.29) is 28.4 Å². The maximum atomic E-state index is 12.7. The molecule has 3 aliphatic rings. The van der Waals surface area contributed by atoms with Crippen LogP contribution in [0.3, 0.4) is 0 Å². The summed E-state index contributed by atoms with van der Waals surface area (Å²) in [6.45, 7) is 2.54. The number of carboxylic acid groups (broad SMARTS) is 1. The predicted molar refractivity (Wildman–Crippen MR) is 178 cm³/mol. The van der Waals surface area contributed by atoms with Crippen LogP contribution in [0.15, 0.2) is 31.8 Å². The van der Waals surface area contributed by atoms with Crippen LogP contribution >= 0.6 is 0 Å². The van der Waals surface area contributed by atoms with Gasteiger partial charge in [-0.3, -0.25) is 32.7 Å². The van der Waals surface area contributed by atoms with Crippen molar-refractivity contribution in [2.45, 2.75) is 89.8 Å². The lowest BCUT2D eigenvalue weighted by Crippen LogP contribution is -2.42. The average molecular weight is 667 g/mol. The molecule has 0 unspecified atom stereocenters. The Bertz CT molecular complexity index is 2110. The molecule has 3 aliphatic carbocycles. The fraction of sp³-hybridized carbons (Fsp3) is 0.667. The van der Waals surface area contributed by atoms with E-state index in [2.05, 4.69) is 9.97 Å². The van der Waals surface area contributed by atoms with Crippen molar-refractivity contribution in [2.24, 2.45) is 51.4 Å². The van der Waals surface area contributed by atoms with Crippen molar-refractivity contribution in [3.05, 3.63) is 54.3 Å². The van der Waals surface area contributed by atoms with E-state index in [1.54, 1.807) is 50.6 Å². The fourth-order valence-corrected chi connectivity index (χ4v) is 7.76. The van der Waals surface area contributed by atoms with Crippen molar-refractivity contribution in [3.63, 3.8) is 0 Å². The Labute approximate surface area is 276 Å². The largest absolute Gasteiger partial charge is 0.481 e. The van der Waals surface area contributed by atoms with E-state index in [4.69, 9.17) is 0 Å². The minimum absolute atomic E-state index is 0.133. The second-order valence-electron chi connectivity index (χ2n) is 14.7. The third kappa shape index (κ3) is 5.86. The number of aryl methyl sites for hydroxylation is 4. The molecule has 3 fully saturated rings. The first kappa shape index (κ1) is 33.6. The molecule has 15 heteroatoms. The van der Waals surface area contributed by atoms with Gasteiger partial charge in [0.15, 0.2) is 22.3 Å². The number of aliphatic carboxylic acids is 1. The van der Waals surface area contributed by atoms with Crippen LogP contribution in [0.4, 0.5) is 0 Å². The molecule has 48 heavy (non-hydrogen) atoms. The monoisotopic (exact) mass is 666 g/mol. The molecule has 0 radical (unpaired) electrons. The molecule has 0 bridgehead atoms. The second-order valence-corrected chi connectivity index (χ2v) is 14.7. The van der Waals surface area contributed by atoms with Crippen molar-refractivity contribution < 1.29 is 15.0 Å². The molecular weight excluding hydrogens is 620 g/mol. The molecule has 3 saturated carbocycles. The van der Waals surface area contributed by atoms with Gasteiger partial charge in [-0.1, -0.05) is 0 Å².